The number of H-pyrrole nitrogens is 1. The molecule has 0 unspecified atom stereocenters. The molecule has 0 saturated heterocycles. The molecule has 2 aromatic carbocycles. The zero-order valence-corrected chi connectivity index (χ0v) is 12.0. The van der Waals surface area contributed by atoms with Crippen molar-refractivity contribution >= 4 is 22.4 Å². The Morgan fingerprint density at radius 2 is 2.00 bits per heavy atom. The number of nitrogens with one attached hydrogen (secondary N) is 2. The number of hydrogen-bond donors (Lipinski definition) is 2. The van der Waals surface area contributed by atoms with E-state index in [0.717, 1.165) is 16.6 Å². The highest BCUT2D eigenvalue weighted by Crippen LogP contribution is 2.22. The lowest BCUT2D eigenvalue weighted by Gasteiger charge is -2.07. The normalized spacial score (nSPS) is 10.8. The standard InChI is InChI=1S/C17H12FN5/c18-13-3-1-2-11(8-13)17-19-7-6-16(22-17)21-14-4-5-15-12(9-14)10-20-23-15/h1-10H,(H,20,23)(H,19,21,22). The van der Waals surface area contributed by atoms with Gasteiger partial charge in [0.1, 0.15) is 11.6 Å². The Labute approximate surface area is 131 Å². The van der Waals surface area contributed by atoms with Gasteiger partial charge in [-0.05, 0) is 36.4 Å². The molecule has 0 fully saturated rings. The molecule has 5 nitrogen and oxygen atoms in total. The molecule has 4 aromatic rings. The summed E-state index contributed by atoms with van der Waals surface area (Å²) < 4.78 is 13.3. The summed E-state index contributed by atoms with van der Waals surface area (Å²) in [5.74, 6) is 0.802. The van der Waals surface area contributed by atoms with Crippen LogP contribution in [-0.2, 0) is 0 Å². The number of benzene rings is 2. The third-order valence-corrected chi connectivity index (χ3v) is 3.45. The van der Waals surface area contributed by atoms with E-state index < -0.39 is 0 Å². The average molecular weight is 305 g/mol. The highest BCUT2D eigenvalue weighted by Gasteiger charge is 2.05. The Kier molecular flexibility index (Phi) is 3.20. The van der Waals surface area contributed by atoms with Crippen molar-refractivity contribution in [2.24, 2.45) is 0 Å². The van der Waals surface area contributed by atoms with Crippen molar-refractivity contribution in [3.8, 4) is 11.4 Å². The molecule has 0 aliphatic heterocycles. The first-order valence-corrected chi connectivity index (χ1v) is 7.07. The summed E-state index contributed by atoms with van der Waals surface area (Å²) in [6.45, 7) is 0. The maximum Gasteiger partial charge on any atom is 0.161 e. The molecule has 2 aromatic heterocycles. The van der Waals surface area contributed by atoms with Crippen LogP contribution in [0.2, 0.25) is 0 Å². The van der Waals surface area contributed by atoms with Gasteiger partial charge >= 0.3 is 0 Å². The molecular weight excluding hydrogens is 293 g/mol. The van der Waals surface area contributed by atoms with Gasteiger partial charge in [0.15, 0.2) is 5.82 Å². The number of nitrogens with zero attached hydrogens (tertiary/aromatic N) is 3. The van der Waals surface area contributed by atoms with Crippen LogP contribution in [-0.4, -0.2) is 20.2 Å². The van der Waals surface area contributed by atoms with Crippen LogP contribution >= 0.6 is 0 Å². The number of aromatic nitrogens is 4. The van der Waals surface area contributed by atoms with Crippen LogP contribution in [0.3, 0.4) is 0 Å². The second kappa shape index (κ2) is 5.49. The monoisotopic (exact) mass is 305 g/mol. The van der Waals surface area contributed by atoms with Gasteiger partial charge in [0.2, 0.25) is 0 Å². The molecular formula is C17H12FN5. The SMILES string of the molecule is Fc1cccc(-c2nccc(Nc3ccc4[nH]ncc4c3)n2)c1. The fourth-order valence-electron chi connectivity index (χ4n) is 2.36. The lowest BCUT2D eigenvalue weighted by Crippen LogP contribution is -1.96. The van der Waals surface area contributed by atoms with Gasteiger partial charge < -0.3 is 5.32 Å². The van der Waals surface area contributed by atoms with Crippen LogP contribution < -0.4 is 5.32 Å². The molecule has 6 heteroatoms. The maximum atomic E-state index is 13.3. The van der Waals surface area contributed by atoms with Crippen molar-refractivity contribution in [3.05, 3.63) is 66.7 Å². The molecule has 0 aliphatic rings. The number of rotatable bonds is 3. The summed E-state index contributed by atoms with van der Waals surface area (Å²) in [7, 11) is 0. The van der Waals surface area contributed by atoms with E-state index in [1.807, 2.05) is 18.2 Å². The third-order valence-electron chi connectivity index (χ3n) is 3.45. The fourth-order valence-corrected chi connectivity index (χ4v) is 2.36. The van der Waals surface area contributed by atoms with Crippen LogP contribution in [0, 0.1) is 5.82 Å². The zero-order valence-electron chi connectivity index (χ0n) is 12.0. The van der Waals surface area contributed by atoms with Crippen LogP contribution in [0.5, 0.6) is 0 Å². The smallest absolute Gasteiger partial charge is 0.161 e. The maximum absolute atomic E-state index is 13.3. The van der Waals surface area contributed by atoms with Crippen LogP contribution in [0.1, 0.15) is 0 Å². The average Bonchev–Trinajstić information content (AvgIpc) is 3.03. The molecule has 112 valence electrons. The van der Waals surface area contributed by atoms with E-state index in [1.54, 1.807) is 30.6 Å². The second-order valence-electron chi connectivity index (χ2n) is 5.07. The van der Waals surface area contributed by atoms with Crippen molar-refractivity contribution in [2.45, 2.75) is 0 Å². The Morgan fingerprint density at radius 3 is 2.91 bits per heavy atom. The van der Waals surface area contributed by atoms with E-state index in [4.69, 9.17) is 0 Å². The molecule has 0 bridgehead atoms. The lowest BCUT2D eigenvalue weighted by atomic mass is 10.2. The van der Waals surface area contributed by atoms with E-state index >= 15 is 0 Å². The van der Waals surface area contributed by atoms with Gasteiger partial charge in [0.25, 0.3) is 0 Å². The summed E-state index contributed by atoms with van der Waals surface area (Å²) in [5, 5.41) is 11.1. The minimum atomic E-state index is -0.310. The van der Waals surface area contributed by atoms with Crippen molar-refractivity contribution in [1.29, 1.82) is 0 Å². The Bertz CT molecular complexity index is 979. The molecule has 0 spiro atoms. The first-order chi connectivity index (χ1) is 11.3. The molecule has 23 heavy (non-hydrogen) atoms. The zero-order chi connectivity index (χ0) is 15.6. The quantitative estimate of drug-likeness (QED) is 0.602. The topological polar surface area (TPSA) is 66.5 Å². The molecule has 0 aliphatic carbocycles. The number of aromatic amines is 1. The van der Waals surface area contributed by atoms with Crippen molar-refractivity contribution in [2.75, 3.05) is 5.32 Å². The summed E-state index contributed by atoms with van der Waals surface area (Å²) in [6.07, 6.45) is 3.41. The van der Waals surface area contributed by atoms with Crippen LogP contribution in [0.4, 0.5) is 15.9 Å². The van der Waals surface area contributed by atoms with E-state index in [2.05, 4.69) is 25.5 Å². The number of anilines is 2. The van der Waals surface area contributed by atoms with Crippen LogP contribution in [0.25, 0.3) is 22.3 Å². The number of fused-ring (bicyclic) bond motifs is 1. The minimum absolute atomic E-state index is 0.310. The van der Waals surface area contributed by atoms with Gasteiger partial charge in [0, 0.05) is 22.8 Å². The van der Waals surface area contributed by atoms with Gasteiger partial charge in [-0.2, -0.15) is 5.10 Å². The molecule has 2 heterocycles. The molecule has 0 saturated carbocycles. The minimum Gasteiger partial charge on any atom is -0.340 e. The molecule has 0 amide bonds. The Morgan fingerprint density at radius 1 is 1.04 bits per heavy atom. The molecule has 4 rings (SSSR count). The largest absolute Gasteiger partial charge is 0.340 e. The summed E-state index contributed by atoms with van der Waals surface area (Å²) in [6, 6.07) is 13.8. The van der Waals surface area contributed by atoms with E-state index in [-0.39, 0.29) is 5.82 Å². The van der Waals surface area contributed by atoms with E-state index in [1.165, 1.54) is 12.1 Å². The van der Waals surface area contributed by atoms with Gasteiger partial charge in [-0.25, -0.2) is 14.4 Å². The molecule has 0 radical (unpaired) electrons. The number of hydrogen-bond acceptors (Lipinski definition) is 4. The Hall–Kier alpha value is -3.28. The summed E-state index contributed by atoms with van der Waals surface area (Å²) >= 11 is 0. The first kappa shape index (κ1) is 13.4. The highest BCUT2D eigenvalue weighted by molar-refractivity contribution is 5.82. The van der Waals surface area contributed by atoms with Crippen LogP contribution in [0.15, 0.2) is 60.9 Å². The van der Waals surface area contributed by atoms with Crippen molar-refractivity contribution in [1.82, 2.24) is 20.2 Å². The highest BCUT2D eigenvalue weighted by atomic mass is 19.1. The predicted molar refractivity (Wildman–Crippen MR) is 86.8 cm³/mol. The Balaban J connectivity index is 1.65. The van der Waals surface area contributed by atoms with E-state index in [9.17, 15) is 4.39 Å². The third kappa shape index (κ3) is 2.74. The van der Waals surface area contributed by atoms with Crippen molar-refractivity contribution < 1.29 is 4.39 Å². The second-order valence-corrected chi connectivity index (χ2v) is 5.07. The number of halogens is 1. The summed E-state index contributed by atoms with van der Waals surface area (Å²) in [4.78, 5) is 8.64. The molecule has 0 atom stereocenters. The summed E-state index contributed by atoms with van der Waals surface area (Å²) in [5.41, 5.74) is 2.50. The van der Waals surface area contributed by atoms with Gasteiger partial charge in [-0.3, -0.25) is 5.10 Å². The van der Waals surface area contributed by atoms with E-state index in [0.29, 0.717) is 17.2 Å². The predicted octanol–water partition coefficient (Wildman–Crippen LogP) is 3.90. The lowest BCUT2D eigenvalue weighted by molar-refractivity contribution is 0.628. The van der Waals surface area contributed by atoms with Gasteiger partial charge in [-0.1, -0.05) is 12.1 Å². The van der Waals surface area contributed by atoms with Crippen molar-refractivity contribution in [3.63, 3.8) is 0 Å². The van der Waals surface area contributed by atoms with Gasteiger partial charge in [-0.15, -0.1) is 0 Å². The molecule has 2 N–H and O–H groups in total. The first-order valence-electron chi connectivity index (χ1n) is 7.07. The van der Waals surface area contributed by atoms with Gasteiger partial charge in [0.05, 0.1) is 11.7 Å². The fraction of sp³-hybridized carbons (Fsp3) is 0.